The molecular formula is C30H21N7O. The van der Waals surface area contributed by atoms with Crippen molar-refractivity contribution in [3.8, 4) is 33.5 Å². The normalized spacial score (nSPS) is 11.4. The first-order valence-electron chi connectivity index (χ1n) is 12.2. The average Bonchev–Trinajstić information content (AvgIpc) is 3.62. The van der Waals surface area contributed by atoms with Crippen molar-refractivity contribution in [3.63, 3.8) is 0 Å². The Morgan fingerprint density at radius 3 is 2.32 bits per heavy atom. The number of pyridine rings is 1. The summed E-state index contributed by atoms with van der Waals surface area (Å²) in [6.45, 7) is 0. The highest BCUT2D eigenvalue weighted by molar-refractivity contribution is 5.91. The standard InChI is InChI=1S/C30H21N7O/c38-30-26(22-13-14-23-21(16-22)12-7-15-31-23)24(17-25-32-18-33-35-25)34-29-27(19-8-3-1-4-9-19)28(36-37(29)30)20-10-5-2-6-11-20/h1-16,18,36H,17H2,(H,32,33,35). The molecule has 2 N–H and O–H groups in total. The van der Waals surface area contributed by atoms with Gasteiger partial charge in [0, 0.05) is 17.1 Å². The summed E-state index contributed by atoms with van der Waals surface area (Å²) in [7, 11) is 0. The van der Waals surface area contributed by atoms with Crippen molar-refractivity contribution in [1.82, 2.24) is 34.8 Å². The van der Waals surface area contributed by atoms with Gasteiger partial charge in [0.15, 0.2) is 5.65 Å². The van der Waals surface area contributed by atoms with Crippen LogP contribution in [0.1, 0.15) is 11.5 Å². The summed E-state index contributed by atoms with van der Waals surface area (Å²) in [5, 5.41) is 11.2. The summed E-state index contributed by atoms with van der Waals surface area (Å²) >= 11 is 0. The Morgan fingerprint density at radius 1 is 0.763 bits per heavy atom. The number of H-pyrrole nitrogens is 2. The molecule has 4 aromatic heterocycles. The van der Waals surface area contributed by atoms with Crippen molar-refractivity contribution in [2.75, 3.05) is 0 Å². The first-order chi connectivity index (χ1) is 18.8. The average molecular weight is 496 g/mol. The van der Waals surface area contributed by atoms with Gasteiger partial charge in [-0.2, -0.15) is 9.61 Å². The van der Waals surface area contributed by atoms with Crippen LogP contribution in [0.25, 0.3) is 50.1 Å². The van der Waals surface area contributed by atoms with Gasteiger partial charge < -0.3 is 0 Å². The van der Waals surface area contributed by atoms with E-state index in [1.54, 1.807) is 10.7 Å². The maximum absolute atomic E-state index is 14.3. The Balaban J connectivity index is 1.56. The van der Waals surface area contributed by atoms with Gasteiger partial charge in [-0.1, -0.05) is 72.8 Å². The van der Waals surface area contributed by atoms with Gasteiger partial charge in [-0.25, -0.2) is 9.97 Å². The van der Waals surface area contributed by atoms with Crippen molar-refractivity contribution in [3.05, 3.63) is 125 Å². The van der Waals surface area contributed by atoms with E-state index in [4.69, 9.17) is 4.98 Å². The molecule has 8 heteroatoms. The smallest absolute Gasteiger partial charge is 0.280 e. The molecular weight excluding hydrogens is 474 g/mol. The minimum atomic E-state index is -0.188. The van der Waals surface area contributed by atoms with Gasteiger partial charge in [-0.3, -0.25) is 20.0 Å². The predicted octanol–water partition coefficient (Wildman–Crippen LogP) is 5.28. The van der Waals surface area contributed by atoms with E-state index in [-0.39, 0.29) is 5.56 Å². The largest absolute Gasteiger partial charge is 0.288 e. The second kappa shape index (κ2) is 8.94. The van der Waals surface area contributed by atoms with E-state index in [9.17, 15) is 4.79 Å². The fourth-order valence-electron chi connectivity index (χ4n) is 4.93. The zero-order chi connectivity index (χ0) is 25.5. The van der Waals surface area contributed by atoms with E-state index in [0.29, 0.717) is 29.1 Å². The molecule has 0 aliphatic heterocycles. The molecule has 7 rings (SSSR count). The van der Waals surface area contributed by atoms with Crippen LogP contribution < -0.4 is 5.56 Å². The maximum Gasteiger partial charge on any atom is 0.280 e. The number of aromatic nitrogens is 7. The fourth-order valence-corrected chi connectivity index (χ4v) is 4.93. The van der Waals surface area contributed by atoms with Crippen molar-refractivity contribution in [2.24, 2.45) is 0 Å². The van der Waals surface area contributed by atoms with E-state index in [0.717, 1.165) is 38.9 Å². The number of nitrogens with zero attached hydrogens (tertiary/aromatic N) is 5. The molecule has 38 heavy (non-hydrogen) atoms. The quantitative estimate of drug-likeness (QED) is 0.338. The van der Waals surface area contributed by atoms with Gasteiger partial charge in [0.05, 0.1) is 34.5 Å². The second-order valence-corrected chi connectivity index (χ2v) is 9.01. The van der Waals surface area contributed by atoms with Crippen LogP contribution in [-0.4, -0.2) is 34.8 Å². The zero-order valence-electron chi connectivity index (χ0n) is 20.2. The van der Waals surface area contributed by atoms with Gasteiger partial charge >= 0.3 is 0 Å². The summed E-state index contributed by atoms with van der Waals surface area (Å²) in [5.74, 6) is 0.630. The van der Waals surface area contributed by atoms with Crippen molar-refractivity contribution in [1.29, 1.82) is 0 Å². The number of rotatable bonds is 5. The van der Waals surface area contributed by atoms with Crippen molar-refractivity contribution < 1.29 is 0 Å². The van der Waals surface area contributed by atoms with Gasteiger partial charge in [0.1, 0.15) is 12.2 Å². The van der Waals surface area contributed by atoms with Crippen molar-refractivity contribution >= 4 is 16.6 Å². The van der Waals surface area contributed by atoms with Crippen LogP contribution in [0.4, 0.5) is 0 Å². The summed E-state index contributed by atoms with van der Waals surface area (Å²) in [5.41, 5.74) is 6.74. The molecule has 0 aliphatic rings. The molecule has 0 amide bonds. The third-order valence-electron chi connectivity index (χ3n) is 6.67. The summed E-state index contributed by atoms with van der Waals surface area (Å²) in [6.07, 6.45) is 3.54. The van der Waals surface area contributed by atoms with E-state index >= 15 is 0 Å². The molecule has 0 fully saturated rings. The third kappa shape index (κ3) is 3.67. The first-order valence-corrected chi connectivity index (χ1v) is 12.2. The highest BCUT2D eigenvalue weighted by atomic mass is 16.1. The molecule has 7 aromatic rings. The molecule has 0 saturated carbocycles. The van der Waals surface area contributed by atoms with Gasteiger partial charge in [-0.15, -0.1) is 0 Å². The molecule has 0 aliphatic carbocycles. The van der Waals surface area contributed by atoms with E-state index < -0.39 is 0 Å². The minimum absolute atomic E-state index is 0.188. The number of aromatic amines is 2. The van der Waals surface area contributed by atoms with Crippen LogP contribution in [0.2, 0.25) is 0 Å². The SMILES string of the molecule is O=c1c(-c2ccc3ncccc3c2)c(Cc2ncn[nH]2)nc2c(-c3ccccc3)c(-c3ccccc3)[nH]n12. The first kappa shape index (κ1) is 21.9. The topological polar surface area (TPSA) is 105 Å². The van der Waals surface area contributed by atoms with Crippen LogP contribution in [0.3, 0.4) is 0 Å². The molecule has 0 unspecified atom stereocenters. The third-order valence-corrected chi connectivity index (χ3v) is 6.67. The number of hydrogen-bond acceptors (Lipinski definition) is 5. The van der Waals surface area contributed by atoms with E-state index in [2.05, 4.69) is 25.3 Å². The lowest BCUT2D eigenvalue weighted by molar-refractivity contribution is 0.874. The lowest BCUT2D eigenvalue weighted by Crippen LogP contribution is -2.20. The van der Waals surface area contributed by atoms with Crippen LogP contribution in [0.15, 0.2) is 108 Å². The van der Waals surface area contributed by atoms with Crippen LogP contribution >= 0.6 is 0 Å². The van der Waals surface area contributed by atoms with Gasteiger partial charge in [0.2, 0.25) is 0 Å². The number of fused-ring (bicyclic) bond motifs is 2. The zero-order valence-corrected chi connectivity index (χ0v) is 20.2. The van der Waals surface area contributed by atoms with Gasteiger partial charge in [0.25, 0.3) is 5.56 Å². The summed E-state index contributed by atoms with van der Waals surface area (Å²) in [4.78, 5) is 28.1. The lowest BCUT2D eigenvalue weighted by Gasteiger charge is -2.10. The molecule has 0 radical (unpaired) electrons. The Labute approximate surface area is 216 Å². The fraction of sp³-hybridized carbons (Fsp3) is 0.0333. The number of nitrogens with one attached hydrogen (secondary N) is 2. The Kier molecular flexibility index (Phi) is 5.14. The highest BCUT2D eigenvalue weighted by Gasteiger charge is 2.23. The predicted molar refractivity (Wildman–Crippen MR) is 147 cm³/mol. The molecule has 0 atom stereocenters. The number of hydrogen-bond donors (Lipinski definition) is 2. The van der Waals surface area contributed by atoms with Crippen LogP contribution in [-0.2, 0) is 6.42 Å². The van der Waals surface area contributed by atoms with E-state index in [1.807, 2.05) is 91.0 Å². The molecule has 0 saturated heterocycles. The lowest BCUT2D eigenvalue weighted by atomic mass is 9.99. The molecule has 3 aromatic carbocycles. The Bertz CT molecular complexity index is 1960. The molecule has 182 valence electrons. The second-order valence-electron chi connectivity index (χ2n) is 9.01. The van der Waals surface area contributed by atoms with Gasteiger partial charge in [-0.05, 0) is 29.3 Å². The minimum Gasteiger partial charge on any atom is -0.288 e. The molecule has 8 nitrogen and oxygen atoms in total. The Hall–Kier alpha value is -5.37. The summed E-state index contributed by atoms with van der Waals surface area (Å²) < 4.78 is 1.55. The molecule has 0 bridgehead atoms. The molecule has 0 spiro atoms. The van der Waals surface area contributed by atoms with Crippen LogP contribution in [0.5, 0.6) is 0 Å². The molecule has 4 heterocycles. The Morgan fingerprint density at radius 2 is 1.55 bits per heavy atom. The summed E-state index contributed by atoms with van der Waals surface area (Å²) in [6, 6.07) is 29.7. The monoisotopic (exact) mass is 495 g/mol. The highest BCUT2D eigenvalue weighted by Crippen LogP contribution is 2.35. The van der Waals surface area contributed by atoms with E-state index in [1.165, 1.54) is 6.33 Å². The van der Waals surface area contributed by atoms with Crippen LogP contribution in [0, 0.1) is 0 Å². The van der Waals surface area contributed by atoms with Crippen molar-refractivity contribution in [2.45, 2.75) is 6.42 Å². The maximum atomic E-state index is 14.3. The number of benzene rings is 3.